The van der Waals surface area contributed by atoms with Crippen LogP contribution in [0.1, 0.15) is 36.5 Å². The molecule has 2 heterocycles. The van der Waals surface area contributed by atoms with Gasteiger partial charge in [0.2, 0.25) is 0 Å². The summed E-state index contributed by atoms with van der Waals surface area (Å²) in [6.07, 6.45) is -4.09. The van der Waals surface area contributed by atoms with Crippen LogP contribution in [0.15, 0.2) is 30.3 Å². The van der Waals surface area contributed by atoms with E-state index in [9.17, 15) is 18.0 Å². The third-order valence-electron chi connectivity index (χ3n) is 4.41. The summed E-state index contributed by atoms with van der Waals surface area (Å²) in [7, 11) is 1.49. The predicted octanol–water partition coefficient (Wildman–Crippen LogP) is 4.61. The highest BCUT2D eigenvalue weighted by atomic mass is 35.5. The van der Waals surface area contributed by atoms with Crippen LogP contribution in [0, 0.1) is 0 Å². The summed E-state index contributed by atoms with van der Waals surface area (Å²) in [5.74, 6) is -0.105. The molecule has 0 aliphatic rings. The maximum Gasteiger partial charge on any atom is 0.433 e. The third-order valence-corrected chi connectivity index (χ3v) is 4.76. The Hall–Kier alpha value is -2.81. The average molecular weight is 427 g/mol. The number of carbonyl (C=O) groups excluding carboxylic acids is 1. The maximum atomic E-state index is 13.7. The van der Waals surface area contributed by atoms with Crippen molar-refractivity contribution in [3.05, 3.63) is 46.7 Å². The Morgan fingerprint density at radius 1 is 1.31 bits per heavy atom. The Bertz CT molecular complexity index is 1050. The zero-order chi connectivity index (χ0) is 21.3. The summed E-state index contributed by atoms with van der Waals surface area (Å²) in [4.78, 5) is 16.6. The van der Waals surface area contributed by atoms with E-state index in [1.54, 1.807) is 31.2 Å². The Morgan fingerprint density at radius 3 is 2.52 bits per heavy atom. The molecule has 0 saturated heterocycles. The van der Waals surface area contributed by atoms with Crippen LogP contribution in [0.2, 0.25) is 5.02 Å². The van der Waals surface area contributed by atoms with Gasteiger partial charge in [-0.25, -0.2) is 9.50 Å². The van der Waals surface area contributed by atoms with E-state index in [4.69, 9.17) is 16.3 Å². The molecule has 0 aliphatic carbocycles. The Labute approximate surface area is 169 Å². The highest BCUT2D eigenvalue weighted by molar-refractivity contribution is 6.36. The monoisotopic (exact) mass is 426 g/mol. The minimum absolute atomic E-state index is 0.0446. The molecule has 0 saturated carbocycles. The van der Waals surface area contributed by atoms with Gasteiger partial charge < -0.3 is 10.1 Å². The van der Waals surface area contributed by atoms with Crippen molar-refractivity contribution in [3.8, 4) is 17.0 Å². The summed E-state index contributed by atoms with van der Waals surface area (Å²) in [6.45, 7) is 3.63. The van der Waals surface area contributed by atoms with Crippen LogP contribution in [-0.2, 0) is 6.18 Å². The fraction of sp³-hybridized carbons (Fsp3) is 0.316. The van der Waals surface area contributed by atoms with Crippen molar-refractivity contribution in [2.24, 2.45) is 0 Å². The molecule has 0 unspecified atom stereocenters. The van der Waals surface area contributed by atoms with E-state index < -0.39 is 17.8 Å². The number of amides is 1. The molecule has 0 bridgehead atoms. The number of hydrogen-bond acceptors (Lipinski definition) is 4. The lowest BCUT2D eigenvalue weighted by atomic mass is 10.1. The second kappa shape index (κ2) is 7.90. The van der Waals surface area contributed by atoms with E-state index in [1.807, 2.05) is 6.92 Å². The minimum atomic E-state index is -4.73. The summed E-state index contributed by atoms with van der Waals surface area (Å²) < 4.78 is 46.7. The van der Waals surface area contributed by atoms with Crippen LogP contribution in [0.3, 0.4) is 0 Å². The van der Waals surface area contributed by atoms with Gasteiger partial charge in [-0.2, -0.15) is 18.3 Å². The van der Waals surface area contributed by atoms with Crippen LogP contribution in [0.5, 0.6) is 5.75 Å². The number of benzene rings is 1. The zero-order valence-electron chi connectivity index (χ0n) is 15.8. The fourth-order valence-electron chi connectivity index (χ4n) is 2.64. The molecular weight excluding hydrogens is 409 g/mol. The highest BCUT2D eigenvalue weighted by Gasteiger charge is 2.36. The largest absolute Gasteiger partial charge is 0.497 e. The van der Waals surface area contributed by atoms with Gasteiger partial charge in [-0.1, -0.05) is 18.5 Å². The van der Waals surface area contributed by atoms with Crippen molar-refractivity contribution in [2.75, 3.05) is 7.11 Å². The number of aromatic nitrogens is 3. The lowest BCUT2D eigenvalue weighted by Crippen LogP contribution is -2.32. The van der Waals surface area contributed by atoms with Gasteiger partial charge in [0.25, 0.3) is 5.91 Å². The van der Waals surface area contributed by atoms with Crippen molar-refractivity contribution in [1.29, 1.82) is 0 Å². The van der Waals surface area contributed by atoms with Gasteiger partial charge >= 0.3 is 6.18 Å². The third kappa shape index (κ3) is 4.14. The lowest BCUT2D eigenvalue weighted by Gasteiger charge is -2.11. The molecule has 10 heteroatoms. The smallest absolute Gasteiger partial charge is 0.433 e. The van der Waals surface area contributed by atoms with Gasteiger partial charge in [-0.15, -0.1) is 0 Å². The first-order valence-electron chi connectivity index (χ1n) is 8.77. The number of halogens is 4. The number of fused-ring (bicyclic) bond motifs is 1. The Kier molecular flexibility index (Phi) is 5.70. The molecule has 0 aliphatic heterocycles. The van der Waals surface area contributed by atoms with Gasteiger partial charge in [-0.05, 0) is 43.7 Å². The van der Waals surface area contributed by atoms with Crippen LogP contribution < -0.4 is 10.1 Å². The van der Waals surface area contributed by atoms with Crippen LogP contribution in [0.25, 0.3) is 16.9 Å². The van der Waals surface area contributed by atoms with Crippen molar-refractivity contribution in [2.45, 2.75) is 32.5 Å². The zero-order valence-corrected chi connectivity index (χ0v) is 16.6. The summed E-state index contributed by atoms with van der Waals surface area (Å²) >= 11 is 6.21. The molecule has 154 valence electrons. The molecule has 6 nitrogen and oxygen atoms in total. The van der Waals surface area contributed by atoms with Gasteiger partial charge in [-0.3, -0.25) is 4.79 Å². The molecule has 0 radical (unpaired) electrons. The van der Waals surface area contributed by atoms with Crippen molar-refractivity contribution in [1.82, 2.24) is 19.9 Å². The first kappa shape index (κ1) is 20.9. The van der Waals surface area contributed by atoms with E-state index in [2.05, 4.69) is 15.4 Å². The number of hydrogen-bond donors (Lipinski definition) is 1. The molecule has 29 heavy (non-hydrogen) atoms. The first-order chi connectivity index (χ1) is 13.7. The molecular formula is C19H18ClF3N4O2. The number of alkyl halides is 3. The number of ether oxygens (including phenoxy) is 1. The van der Waals surface area contributed by atoms with E-state index in [0.29, 0.717) is 22.2 Å². The maximum absolute atomic E-state index is 13.7. The van der Waals surface area contributed by atoms with E-state index in [0.717, 1.165) is 6.07 Å². The summed E-state index contributed by atoms with van der Waals surface area (Å²) in [6, 6.07) is 7.06. The first-order valence-corrected chi connectivity index (χ1v) is 9.15. The quantitative estimate of drug-likeness (QED) is 0.647. The van der Waals surface area contributed by atoms with Crippen molar-refractivity contribution < 1.29 is 22.7 Å². The molecule has 1 atom stereocenters. The normalized spacial score (nSPS) is 12.8. The van der Waals surface area contributed by atoms with E-state index >= 15 is 0 Å². The van der Waals surface area contributed by atoms with E-state index in [-0.39, 0.29) is 28.1 Å². The van der Waals surface area contributed by atoms with Crippen LogP contribution >= 0.6 is 11.6 Å². The molecule has 2 aromatic heterocycles. The SMILES string of the molecule is CC[C@H](C)NC(=O)c1nn2c(C(F)(F)F)cc(-c3ccc(OC)cc3)nc2c1Cl. The van der Waals surface area contributed by atoms with Gasteiger partial charge in [0.1, 0.15) is 10.8 Å². The molecule has 1 amide bonds. The number of nitrogens with zero attached hydrogens (tertiary/aromatic N) is 3. The Balaban J connectivity index is 2.18. The van der Waals surface area contributed by atoms with Crippen LogP contribution in [0.4, 0.5) is 13.2 Å². The van der Waals surface area contributed by atoms with Crippen molar-refractivity contribution >= 4 is 23.2 Å². The fourth-order valence-corrected chi connectivity index (χ4v) is 2.89. The second-order valence-electron chi connectivity index (χ2n) is 6.43. The number of carbonyl (C=O) groups is 1. The van der Waals surface area contributed by atoms with Gasteiger partial charge in [0.15, 0.2) is 17.0 Å². The molecule has 3 aromatic rings. The van der Waals surface area contributed by atoms with Crippen LogP contribution in [-0.4, -0.2) is 33.7 Å². The van der Waals surface area contributed by atoms with Crippen molar-refractivity contribution in [3.63, 3.8) is 0 Å². The Morgan fingerprint density at radius 2 is 1.97 bits per heavy atom. The molecule has 3 rings (SSSR count). The number of nitrogens with one attached hydrogen (secondary N) is 1. The topological polar surface area (TPSA) is 68.5 Å². The number of methoxy groups -OCH3 is 1. The minimum Gasteiger partial charge on any atom is -0.497 e. The van der Waals surface area contributed by atoms with Gasteiger partial charge in [0.05, 0.1) is 12.8 Å². The van der Waals surface area contributed by atoms with E-state index in [1.165, 1.54) is 7.11 Å². The highest BCUT2D eigenvalue weighted by Crippen LogP contribution is 2.34. The summed E-state index contributed by atoms with van der Waals surface area (Å²) in [5, 5.41) is 6.20. The lowest BCUT2D eigenvalue weighted by molar-refractivity contribution is -0.142. The average Bonchev–Trinajstić information content (AvgIpc) is 3.03. The predicted molar refractivity (Wildman–Crippen MR) is 102 cm³/mol. The van der Waals surface area contributed by atoms with Gasteiger partial charge in [0, 0.05) is 11.6 Å². The molecule has 0 spiro atoms. The second-order valence-corrected chi connectivity index (χ2v) is 6.81. The molecule has 1 aromatic carbocycles. The standard InChI is InChI=1S/C19H18ClF3N4O2/c1-4-10(2)24-18(28)16-15(20)17-25-13(11-5-7-12(29-3)8-6-11)9-14(19(21,22)23)27(17)26-16/h5-10H,4H2,1-3H3,(H,24,28)/t10-/m0/s1. The number of rotatable bonds is 5. The molecule has 0 fully saturated rings. The molecule has 1 N–H and O–H groups in total. The summed E-state index contributed by atoms with van der Waals surface area (Å²) in [5.41, 5.74) is -1.17.